The van der Waals surface area contributed by atoms with Gasteiger partial charge in [0.25, 0.3) is 0 Å². The molecule has 4 rings (SSSR count). The molecule has 4 nitrogen and oxygen atoms in total. The van der Waals surface area contributed by atoms with Gasteiger partial charge < -0.3 is 14.0 Å². The highest BCUT2D eigenvalue weighted by Crippen LogP contribution is 2.35. The van der Waals surface area contributed by atoms with Crippen LogP contribution in [0.3, 0.4) is 0 Å². The summed E-state index contributed by atoms with van der Waals surface area (Å²) in [7, 11) is 0. The second-order valence-corrected chi connectivity index (χ2v) is 10.4. The Bertz CT molecular complexity index is 973. The predicted octanol–water partition coefficient (Wildman–Crippen LogP) is 5.07. The maximum absolute atomic E-state index is 14.5. The highest BCUT2D eigenvalue weighted by Gasteiger charge is 2.32. The standard InChI is InChI=1S/C21H19FI2N2O2/c22-16-11-18-15(10-19(16)25-21(28)14-2-1-3-20(14)27)17(24-26-18)9-6-12-4-7-13(23)8-5-12/h4-11,14,20,26-27H,1-3H2,(H,25,28)/b9-6+/t14-,20+/m1/s1. The van der Waals surface area contributed by atoms with Crippen LogP contribution in [0, 0.1) is 15.3 Å². The Morgan fingerprint density at radius 3 is 2.75 bits per heavy atom. The number of rotatable bonds is 4. The summed E-state index contributed by atoms with van der Waals surface area (Å²) in [5.74, 6) is -1.22. The zero-order valence-electron chi connectivity index (χ0n) is 14.9. The molecule has 2 aromatic carbocycles. The lowest BCUT2D eigenvalue weighted by atomic mass is 10.0. The van der Waals surface area contributed by atoms with Crippen molar-refractivity contribution in [1.82, 2.24) is 0 Å². The van der Waals surface area contributed by atoms with E-state index in [0.29, 0.717) is 12.8 Å². The van der Waals surface area contributed by atoms with Crippen LogP contribution in [0.5, 0.6) is 0 Å². The van der Waals surface area contributed by atoms with E-state index in [4.69, 9.17) is 0 Å². The predicted molar refractivity (Wildman–Crippen MR) is 128 cm³/mol. The Balaban J connectivity index is 1.54. The molecule has 0 radical (unpaired) electrons. The zero-order chi connectivity index (χ0) is 19.7. The van der Waals surface area contributed by atoms with Gasteiger partial charge in [-0.3, -0.25) is 4.79 Å². The van der Waals surface area contributed by atoms with Crippen molar-refractivity contribution in [3.05, 3.63) is 63.0 Å². The lowest BCUT2D eigenvalue weighted by Gasteiger charge is -2.15. The fourth-order valence-corrected chi connectivity index (χ4v) is 5.92. The average molecular weight is 604 g/mol. The maximum atomic E-state index is 14.5. The van der Waals surface area contributed by atoms with E-state index in [1.807, 2.05) is 0 Å². The smallest absolute Gasteiger partial charge is 0.230 e. The molecule has 1 saturated carbocycles. The number of halogens is 3. The first-order valence-electron chi connectivity index (χ1n) is 9.04. The van der Waals surface area contributed by atoms with Crippen LogP contribution in [0.4, 0.5) is 15.8 Å². The molecule has 0 aromatic heterocycles. The molecule has 0 bridgehead atoms. The Labute approximate surface area is 186 Å². The Morgan fingerprint density at radius 1 is 1.25 bits per heavy atom. The first-order chi connectivity index (χ1) is 13.5. The molecule has 2 aliphatic rings. The van der Waals surface area contributed by atoms with Gasteiger partial charge >= 0.3 is 0 Å². The third-order valence-corrected chi connectivity index (χ3v) is 8.07. The van der Waals surface area contributed by atoms with Crippen LogP contribution in [-0.2, 0) is 4.79 Å². The number of allylic oxidation sites excluding steroid dienone is 1. The van der Waals surface area contributed by atoms with Crippen molar-refractivity contribution in [3.63, 3.8) is 0 Å². The first-order valence-corrected chi connectivity index (χ1v) is 12.3. The molecular formula is C21H19FI2N2O2. The molecule has 146 valence electrons. The van der Waals surface area contributed by atoms with Crippen LogP contribution in [0.15, 0.2) is 42.5 Å². The van der Waals surface area contributed by atoms with Gasteiger partial charge in [0.2, 0.25) is 5.91 Å². The summed E-state index contributed by atoms with van der Waals surface area (Å²) < 4.78 is 20.1. The number of benzene rings is 2. The average Bonchev–Trinajstić information content (AvgIpc) is 3.27. The van der Waals surface area contributed by atoms with Crippen LogP contribution in [0.1, 0.15) is 30.4 Å². The highest BCUT2D eigenvalue weighted by molar-refractivity contribution is 14.2. The normalized spacial score (nSPS) is 21.0. The number of carbonyl (C=O) groups excluding carboxylic acids is 1. The summed E-state index contributed by atoms with van der Waals surface area (Å²) in [5.41, 5.74) is 2.98. The van der Waals surface area contributed by atoms with Crippen LogP contribution in [-0.4, -0.2) is 20.6 Å². The van der Waals surface area contributed by atoms with E-state index in [1.165, 1.54) is 9.64 Å². The summed E-state index contributed by atoms with van der Waals surface area (Å²) in [6.07, 6.45) is 5.57. The fourth-order valence-electron chi connectivity index (χ4n) is 3.43. The molecule has 1 aliphatic heterocycles. The number of aliphatic hydroxyl groups excluding tert-OH is 1. The molecule has 1 heterocycles. The topological polar surface area (TPSA) is 61.4 Å². The van der Waals surface area contributed by atoms with Crippen molar-refractivity contribution in [2.45, 2.75) is 25.4 Å². The van der Waals surface area contributed by atoms with Crippen LogP contribution in [0.2, 0.25) is 0 Å². The molecule has 7 heteroatoms. The van der Waals surface area contributed by atoms with E-state index in [2.05, 4.69) is 67.9 Å². The molecule has 0 saturated heterocycles. The number of anilines is 2. The van der Waals surface area contributed by atoms with Crippen molar-refractivity contribution in [2.24, 2.45) is 5.92 Å². The van der Waals surface area contributed by atoms with Crippen LogP contribution >= 0.6 is 43.6 Å². The fraction of sp³-hybridized carbons (Fsp3) is 0.238. The first kappa shape index (κ1) is 20.0. The minimum atomic E-state index is -0.635. The van der Waals surface area contributed by atoms with Gasteiger partial charge in [0.15, 0.2) is 0 Å². The molecule has 1 fully saturated rings. The molecule has 2 atom stereocenters. The summed E-state index contributed by atoms with van der Waals surface area (Å²) >= 11 is 1.81. The van der Waals surface area contributed by atoms with Crippen molar-refractivity contribution in [3.8, 4) is 0 Å². The van der Waals surface area contributed by atoms with Gasteiger partial charge in [-0.15, -0.1) is 0 Å². The third kappa shape index (κ3) is 4.30. The van der Waals surface area contributed by atoms with E-state index in [0.717, 1.165) is 26.7 Å². The summed E-state index contributed by atoms with van der Waals surface area (Å²) in [6.45, 7) is 0. The quantitative estimate of drug-likeness (QED) is 0.338. The molecule has 1 aliphatic carbocycles. The van der Waals surface area contributed by atoms with Gasteiger partial charge in [0.05, 0.1) is 23.4 Å². The number of nitrogens with one attached hydrogen (secondary N) is 2. The molecule has 2 aromatic rings. The number of carbonyl (C=O) groups is 1. The van der Waals surface area contributed by atoms with E-state index < -0.39 is 38.8 Å². The van der Waals surface area contributed by atoms with Gasteiger partial charge in [0, 0.05) is 39.7 Å². The van der Waals surface area contributed by atoms with E-state index in [9.17, 15) is 14.3 Å². The van der Waals surface area contributed by atoms with Gasteiger partial charge in [-0.25, -0.2) is 4.39 Å². The Morgan fingerprint density at radius 2 is 2.04 bits per heavy atom. The monoisotopic (exact) mass is 604 g/mol. The molecular weight excluding hydrogens is 585 g/mol. The molecule has 28 heavy (non-hydrogen) atoms. The Hall–Kier alpha value is -1.33. The molecule has 0 spiro atoms. The number of amides is 1. The van der Waals surface area contributed by atoms with E-state index >= 15 is 0 Å². The number of hydrogen-bond donors (Lipinski definition) is 3. The molecule has 0 unspecified atom stereocenters. The zero-order valence-corrected chi connectivity index (χ0v) is 19.2. The lowest BCUT2D eigenvalue weighted by molar-refractivity contribution is -0.122. The number of aliphatic hydroxyl groups is 1. The van der Waals surface area contributed by atoms with E-state index in [1.54, 1.807) is 6.07 Å². The summed E-state index contributed by atoms with van der Waals surface area (Å²) in [6, 6.07) is 11.4. The third-order valence-electron chi connectivity index (χ3n) is 4.98. The number of hydrogen-bond acceptors (Lipinski definition) is 3. The highest BCUT2D eigenvalue weighted by atomic mass is 127. The SMILES string of the molecule is O=C(Nc1cc2c(cc1F)NI=C2/C=C/c1ccc(I)cc1)[C@@H]1CCC[C@@H]1O. The van der Waals surface area contributed by atoms with Crippen molar-refractivity contribution in [2.75, 3.05) is 8.85 Å². The van der Waals surface area contributed by atoms with Crippen LogP contribution in [0.25, 0.3) is 6.08 Å². The summed E-state index contributed by atoms with van der Waals surface area (Å²) in [5, 5.41) is 12.6. The lowest BCUT2D eigenvalue weighted by Crippen LogP contribution is -2.29. The van der Waals surface area contributed by atoms with Gasteiger partial charge in [-0.05, 0) is 71.7 Å². The maximum Gasteiger partial charge on any atom is 0.230 e. The van der Waals surface area contributed by atoms with Crippen molar-refractivity contribution < 1.29 is 14.3 Å². The van der Waals surface area contributed by atoms with Crippen LogP contribution < -0.4 is 8.85 Å². The van der Waals surface area contributed by atoms with Crippen molar-refractivity contribution in [1.29, 1.82) is 0 Å². The minimum Gasteiger partial charge on any atom is -0.392 e. The largest absolute Gasteiger partial charge is 0.392 e. The Kier molecular flexibility index (Phi) is 6.12. The summed E-state index contributed by atoms with van der Waals surface area (Å²) in [4.78, 5) is 12.4. The van der Waals surface area contributed by atoms with Gasteiger partial charge in [-0.2, -0.15) is 0 Å². The minimum absolute atomic E-state index is 0.177. The number of fused-ring (bicyclic) bond motifs is 1. The second kappa shape index (κ2) is 8.58. The van der Waals surface area contributed by atoms with E-state index in [-0.39, 0.29) is 11.6 Å². The van der Waals surface area contributed by atoms with Gasteiger partial charge in [0.1, 0.15) is 5.82 Å². The molecule has 1 amide bonds. The van der Waals surface area contributed by atoms with Gasteiger partial charge in [-0.1, -0.05) is 18.2 Å². The molecule has 3 N–H and O–H groups in total. The second-order valence-electron chi connectivity index (χ2n) is 6.89. The van der Waals surface area contributed by atoms with Crippen molar-refractivity contribution >= 4 is 70.5 Å².